The third kappa shape index (κ3) is 4.20. The number of carbonyl (C=O) groups is 1. The lowest BCUT2D eigenvalue weighted by atomic mass is 10.3. The van der Waals surface area contributed by atoms with Crippen molar-refractivity contribution in [3.05, 3.63) is 60.4 Å². The van der Waals surface area contributed by atoms with Gasteiger partial charge in [0.2, 0.25) is 0 Å². The first-order chi connectivity index (χ1) is 9.75. The van der Waals surface area contributed by atoms with Crippen LogP contribution in [0, 0.1) is 0 Å². The second kappa shape index (κ2) is 7.04. The second-order valence-electron chi connectivity index (χ2n) is 4.27. The number of hydrogen-bond acceptors (Lipinski definition) is 4. The Hall–Kier alpha value is -2.69. The normalized spacial score (nSPS) is 10.4. The van der Waals surface area contributed by atoms with Crippen LogP contribution in [0.3, 0.4) is 0 Å². The van der Waals surface area contributed by atoms with Gasteiger partial charge in [-0.15, -0.1) is 0 Å². The predicted octanol–water partition coefficient (Wildman–Crippen LogP) is 1.67. The van der Waals surface area contributed by atoms with E-state index in [4.69, 9.17) is 0 Å². The largest absolute Gasteiger partial charge is 0.365 e. The van der Waals surface area contributed by atoms with Crippen LogP contribution in [0.15, 0.2) is 60.0 Å². The Bertz CT molecular complexity index is 569. The van der Waals surface area contributed by atoms with Crippen molar-refractivity contribution in [2.75, 3.05) is 18.5 Å². The van der Waals surface area contributed by atoms with Crippen molar-refractivity contribution in [1.82, 2.24) is 10.4 Å². The van der Waals surface area contributed by atoms with Gasteiger partial charge in [-0.05, 0) is 29.8 Å². The van der Waals surface area contributed by atoms with Gasteiger partial charge in [-0.25, -0.2) is 5.43 Å². The van der Waals surface area contributed by atoms with Crippen LogP contribution in [0.4, 0.5) is 5.69 Å². The Kier molecular flexibility index (Phi) is 4.83. The molecule has 1 aromatic heterocycles. The van der Waals surface area contributed by atoms with E-state index in [0.717, 1.165) is 11.3 Å². The van der Waals surface area contributed by atoms with Gasteiger partial charge in [-0.1, -0.05) is 18.2 Å². The van der Waals surface area contributed by atoms with Crippen LogP contribution in [0.5, 0.6) is 0 Å². The topological polar surface area (TPSA) is 57.6 Å². The molecule has 1 N–H and O–H groups in total. The number of carbonyl (C=O) groups excluding carboxylic acids is 1. The highest BCUT2D eigenvalue weighted by Crippen LogP contribution is 2.09. The summed E-state index contributed by atoms with van der Waals surface area (Å²) in [7, 11) is 1.86. The lowest BCUT2D eigenvalue weighted by Gasteiger charge is -2.17. The number of nitrogens with one attached hydrogen (secondary N) is 1. The van der Waals surface area contributed by atoms with E-state index in [1.54, 1.807) is 18.6 Å². The van der Waals surface area contributed by atoms with Crippen molar-refractivity contribution < 1.29 is 4.79 Å². The van der Waals surface area contributed by atoms with Crippen LogP contribution in [0.25, 0.3) is 0 Å². The van der Waals surface area contributed by atoms with Crippen molar-refractivity contribution in [1.29, 1.82) is 0 Å². The van der Waals surface area contributed by atoms with E-state index in [-0.39, 0.29) is 12.5 Å². The fourth-order valence-corrected chi connectivity index (χ4v) is 1.65. The molecule has 0 aliphatic heterocycles. The Morgan fingerprint density at radius 2 is 1.95 bits per heavy atom. The molecule has 0 saturated heterocycles. The molecule has 0 spiro atoms. The molecular weight excluding hydrogens is 252 g/mol. The Labute approximate surface area is 118 Å². The van der Waals surface area contributed by atoms with E-state index in [0.29, 0.717) is 0 Å². The van der Waals surface area contributed by atoms with Gasteiger partial charge in [0.1, 0.15) is 0 Å². The van der Waals surface area contributed by atoms with Gasteiger partial charge in [-0.3, -0.25) is 9.78 Å². The summed E-state index contributed by atoms with van der Waals surface area (Å²) in [6, 6.07) is 13.3. The summed E-state index contributed by atoms with van der Waals surface area (Å²) in [5.74, 6) is -0.165. The van der Waals surface area contributed by atoms with Gasteiger partial charge in [0.15, 0.2) is 0 Å². The standard InChI is InChI=1S/C15H16N4O/c1-19(14-5-3-2-4-6-14)12-15(20)18-17-11-13-7-9-16-10-8-13/h2-11H,12H2,1H3,(H,18,20). The molecule has 0 aliphatic carbocycles. The molecule has 0 unspecified atom stereocenters. The molecule has 2 aromatic rings. The SMILES string of the molecule is CN(CC(=O)NN=Cc1ccncc1)c1ccccc1. The highest BCUT2D eigenvalue weighted by molar-refractivity contribution is 5.84. The summed E-state index contributed by atoms with van der Waals surface area (Å²) in [4.78, 5) is 17.5. The molecule has 0 atom stereocenters. The number of para-hydroxylation sites is 1. The predicted molar refractivity (Wildman–Crippen MR) is 79.7 cm³/mol. The monoisotopic (exact) mass is 268 g/mol. The van der Waals surface area contributed by atoms with Crippen molar-refractivity contribution in [2.24, 2.45) is 5.10 Å². The maximum atomic E-state index is 11.7. The summed E-state index contributed by atoms with van der Waals surface area (Å²) in [6.07, 6.45) is 4.93. The third-order valence-electron chi connectivity index (χ3n) is 2.69. The highest BCUT2D eigenvalue weighted by Gasteiger charge is 2.05. The Balaban J connectivity index is 1.83. The van der Waals surface area contributed by atoms with Crippen molar-refractivity contribution in [2.45, 2.75) is 0 Å². The smallest absolute Gasteiger partial charge is 0.259 e. The average Bonchev–Trinajstić information content (AvgIpc) is 2.49. The fraction of sp³-hybridized carbons (Fsp3) is 0.133. The molecule has 0 aliphatic rings. The summed E-state index contributed by atoms with van der Waals surface area (Å²) in [5.41, 5.74) is 4.37. The van der Waals surface area contributed by atoms with E-state index in [9.17, 15) is 4.79 Å². The lowest BCUT2D eigenvalue weighted by Crippen LogP contribution is -2.32. The van der Waals surface area contributed by atoms with E-state index in [1.165, 1.54) is 0 Å². The maximum Gasteiger partial charge on any atom is 0.259 e. The zero-order valence-electron chi connectivity index (χ0n) is 11.2. The Morgan fingerprint density at radius 1 is 1.25 bits per heavy atom. The minimum atomic E-state index is -0.165. The molecule has 1 heterocycles. The van der Waals surface area contributed by atoms with Crippen LogP contribution in [0.2, 0.25) is 0 Å². The Morgan fingerprint density at radius 3 is 2.65 bits per heavy atom. The molecule has 102 valence electrons. The van der Waals surface area contributed by atoms with Crippen LogP contribution >= 0.6 is 0 Å². The number of rotatable bonds is 5. The quantitative estimate of drug-likeness (QED) is 0.663. The third-order valence-corrected chi connectivity index (χ3v) is 2.69. The van der Waals surface area contributed by atoms with Gasteiger partial charge < -0.3 is 4.90 Å². The lowest BCUT2D eigenvalue weighted by molar-refractivity contribution is -0.119. The first kappa shape index (κ1) is 13.7. The summed E-state index contributed by atoms with van der Waals surface area (Å²) >= 11 is 0. The minimum Gasteiger partial charge on any atom is -0.365 e. The van der Waals surface area contributed by atoms with Gasteiger partial charge >= 0.3 is 0 Å². The molecule has 1 aromatic carbocycles. The molecular formula is C15H16N4O. The van der Waals surface area contributed by atoms with E-state index < -0.39 is 0 Å². The molecule has 0 radical (unpaired) electrons. The number of amides is 1. The number of hydrogen-bond donors (Lipinski definition) is 1. The number of anilines is 1. The number of hydrazone groups is 1. The summed E-state index contributed by atoms with van der Waals surface area (Å²) in [5, 5.41) is 3.91. The first-order valence-electron chi connectivity index (χ1n) is 6.24. The molecule has 20 heavy (non-hydrogen) atoms. The summed E-state index contributed by atoms with van der Waals surface area (Å²) < 4.78 is 0. The number of aromatic nitrogens is 1. The van der Waals surface area contributed by atoms with Crippen LogP contribution in [-0.2, 0) is 4.79 Å². The van der Waals surface area contributed by atoms with E-state index in [1.807, 2.05) is 54.4 Å². The number of nitrogens with zero attached hydrogens (tertiary/aromatic N) is 3. The number of benzene rings is 1. The maximum absolute atomic E-state index is 11.7. The van der Waals surface area contributed by atoms with Crippen LogP contribution < -0.4 is 10.3 Å². The molecule has 0 fully saturated rings. The van der Waals surface area contributed by atoms with Crippen LogP contribution in [0.1, 0.15) is 5.56 Å². The van der Waals surface area contributed by atoms with E-state index >= 15 is 0 Å². The molecule has 5 nitrogen and oxygen atoms in total. The highest BCUT2D eigenvalue weighted by atomic mass is 16.2. The molecule has 1 amide bonds. The van der Waals surface area contributed by atoms with Crippen molar-refractivity contribution in [3.63, 3.8) is 0 Å². The zero-order valence-corrected chi connectivity index (χ0v) is 11.2. The van der Waals surface area contributed by atoms with Gasteiger partial charge in [0.25, 0.3) is 5.91 Å². The number of likely N-dealkylation sites (N-methyl/N-ethyl adjacent to an activating group) is 1. The summed E-state index contributed by atoms with van der Waals surface area (Å²) in [6.45, 7) is 0.248. The number of pyridine rings is 1. The van der Waals surface area contributed by atoms with E-state index in [2.05, 4.69) is 15.5 Å². The molecule has 0 bridgehead atoms. The fourth-order valence-electron chi connectivity index (χ4n) is 1.65. The van der Waals surface area contributed by atoms with Crippen molar-refractivity contribution >= 4 is 17.8 Å². The molecule has 2 rings (SSSR count). The molecule has 5 heteroatoms. The van der Waals surface area contributed by atoms with Crippen LogP contribution in [-0.4, -0.2) is 30.7 Å². The average molecular weight is 268 g/mol. The van der Waals surface area contributed by atoms with Crippen molar-refractivity contribution in [3.8, 4) is 0 Å². The van der Waals surface area contributed by atoms with Gasteiger partial charge in [0, 0.05) is 25.1 Å². The van der Waals surface area contributed by atoms with Gasteiger partial charge in [0.05, 0.1) is 12.8 Å². The molecule has 0 saturated carbocycles. The van der Waals surface area contributed by atoms with Gasteiger partial charge in [-0.2, -0.15) is 5.10 Å². The second-order valence-corrected chi connectivity index (χ2v) is 4.27. The first-order valence-corrected chi connectivity index (χ1v) is 6.24. The zero-order chi connectivity index (χ0) is 14.2. The minimum absolute atomic E-state index is 0.165.